The Hall–Kier alpha value is -4.57. The van der Waals surface area contributed by atoms with Crippen LogP contribution in [-0.2, 0) is 19.1 Å². The minimum atomic E-state index is -1.16. The Kier molecular flexibility index (Phi) is 16.7. The maximum atomic E-state index is 14.4. The molecule has 0 amide bonds. The highest BCUT2D eigenvalue weighted by molar-refractivity contribution is 6.24. The Morgan fingerprint density at radius 1 is 0.785 bits per heavy atom. The standard InChI is InChI=1S/C55H80N4O6/c1-13-39-34(7)41-29-46-48(38(11)60)36(9)43(57-46)27-42-35(8)40(52(58-42)50-51(55(63)64-12)54(62)49-37(10)44(59-53(49)50)28-45(39)56-41)23-24-47(61)65-26-25-33(6)22-16-21-32(5)20-15-19-31(4)18-14-17-30(2)3/h25,27-32,34-35,38-40,51,56-60H,13-24,26H2,1-12H3/b33-25-,41-29-,42-27-,45-28-,52-50-. The van der Waals surface area contributed by atoms with E-state index < -0.39 is 18.0 Å². The zero-order chi connectivity index (χ0) is 47.3. The molecule has 6 rings (SSSR count). The number of Topliss-reactive ketones (excluding diaryl/α,β-unsaturated/α-hetero) is 1. The second-order valence-corrected chi connectivity index (χ2v) is 20.6. The molecule has 8 unspecified atom stereocenters. The molecule has 2 aromatic heterocycles. The van der Waals surface area contributed by atoms with Gasteiger partial charge in [0.05, 0.1) is 18.9 Å². The van der Waals surface area contributed by atoms with Crippen molar-refractivity contribution in [2.24, 2.45) is 47.3 Å². The smallest absolute Gasteiger partial charge is 0.321 e. The molecule has 8 atom stereocenters. The monoisotopic (exact) mass is 893 g/mol. The first-order chi connectivity index (χ1) is 30.9. The summed E-state index contributed by atoms with van der Waals surface area (Å²) >= 11 is 0. The number of carbonyl (C=O) groups excluding carboxylic acids is 3. The number of fused-ring (bicyclic) bond motifs is 7. The van der Waals surface area contributed by atoms with Crippen molar-refractivity contribution in [3.05, 3.63) is 79.5 Å². The Morgan fingerprint density at radius 3 is 2.03 bits per heavy atom. The maximum Gasteiger partial charge on any atom is 0.321 e. The van der Waals surface area contributed by atoms with Crippen LogP contribution in [0.1, 0.15) is 195 Å². The van der Waals surface area contributed by atoms with Gasteiger partial charge in [-0.3, -0.25) is 14.4 Å². The summed E-state index contributed by atoms with van der Waals surface area (Å²) in [6.45, 7) is 24.0. The van der Waals surface area contributed by atoms with Crippen LogP contribution in [-0.4, -0.2) is 46.5 Å². The lowest BCUT2D eigenvalue weighted by atomic mass is 9.85. The average molecular weight is 893 g/mol. The molecule has 8 bridgehead atoms. The first kappa shape index (κ1) is 49.9. The number of hydrogen-bond acceptors (Lipinski definition) is 8. The summed E-state index contributed by atoms with van der Waals surface area (Å²) < 4.78 is 11.1. The molecule has 10 nitrogen and oxygen atoms in total. The molecule has 10 heteroatoms. The lowest BCUT2D eigenvalue weighted by molar-refractivity contribution is -0.143. The van der Waals surface area contributed by atoms with Crippen molar-refractivity contribution in [3.63, 3.8) is 0 Å². The minimum absolute atomic E-state index is 0.124. The third-order valence-electron chi connectivity index (χ3n) is 15.2. The van der Waals surface area contributed by atoms with Gasteiger partial charge in [-0.2, -0.15) is 0 Å². The Balaban J connectivity index is 1.21. The Bertz CT molecular complexity index is 2230. The highest BCUT2D eigenvalue weighted by Crippen LogP contribution is 2.49. The number of esters is 2. The van der Waals surface area contributed by atoms with Crippen molar-refractivity contribution in [2.75, 3.05) is 13.7 Å². The van der Waals surface area contributed by atoms with Gasteiger partial charge >= 0.3 is 11.9 Å². The van der Waals surface area contributed by atoms with Gasteiger partial charge in [-0.1, -0.05) is 99.0 Å². The van der Waals surface area contributed by atoms with E-state index in [0.29, 0.717) is 29.2 Å². The highest BCUT2D eigenvalue weighted by atomic mass is 16.5. The predicted octanol–water partition coefficient (Wildman–Crippen LogP) is 12.3. The molecule has 65 heavy (non-hydrogen) atoms. The summed E-state index contributed by atoms with van der Waals surface area (Å²) in [6, 6.07) is 0. The average Bonchev–Trinajstić information content (AvgIpc) is 4.00. The van der Waals surface area contributed by atoms with Crippen LogP contribution in [0.25, 0.3) is 23.8 Å². The van der Waals surface area contributed by atoms with Crippen molar-refractivity contribution in [3.8, 4) is 0 Å². The number of aliphatic hydroxyl groups is 1. The minimum Gasteiger partial charge on any atom is -0.468 e. The molecule has 2 saturated heterocycles. The van der Waals surface area contributed by atoms with Crippen LogP contribution < -0.4 is 10.6 Å². The van der Waals surface area contributed by atoms with Crippen LogP contribution in [0.3, 0.4) is 0 Å². The molecular weight excluding hydrogens is 813 g/mol. The third-order valence-corrected chi connectivity index (χ3v) is 15.2. The van der Waals surface area contributed by atoms with E-state index in [0.717, 1.165) is 87.7 Å². The molecule has 2 fully saturated rings. The first-order valence-corrected chi connectivity index (χ1v) is 24.9. The van der Waals surface area contributed by atoms with E-state index in [1.807, 2.05) is 19.9 Å². The number of H-pyrrole nitrogens is 2. The Morgan fingerprint density at radius 2 is 1.38 bits per heavy atom. The number of methoxy groups -OCH3 is 1. The van der Waals surface area contributed by atoms with Gasteiger partial charge in [-0.05, 0) is 107 Å². The number of ketones is 1. The van der Waals surface area contributed by atoms with Crippen molar-refractivity contribution < 1.29 is 29.0 Å². The SMILES string of the molecule is CCC1/C2=C/c3[nH]c4c(c3C)C(=O)C(C(=O)OC)/C4=C3/N/C(=C\c4[nH]c(c(C(C)O)c4C)/C=C(\N2)C1C)C(C)C3CCC(=O)OC/C=C(/C)CCCC(C)CCCC(C)CCCC(C)C. The summed E-state index contributed by atoms with van der Waals surface area (Å²) in [5.41, 5.74) is 11.7. The molecule has 1 aliphatic carbocycles. The van der Waals surface area contributed by atoms with Crippen LogP contribution in [0, 0.1) is 61.2 Å². The number of aromatic amines is 2. The molecule has 356 valence electrons. The number of carbonyl (C=O) groups is 3. The van der Waals surface area contributed by atoms with E-state index in [4.69, 9.17) is 9.47 Å². The quantitative estimate of drug-likeness (QED) is 0.0502. The van der Waals surface area contributed by atoms with Crippen molar-refractivity contribution in [1.29, 1.82) is 0 Å². The molecule has 3 aliphatic heterocycles. The Labute approximate surface area is 389 Å². The second kappa shape index (κ2) is 21.8. The molecular formula is C55H80N4O6. The normalized spacial score (nSPS) is 26.4. The summed E-state index contributed by atoms with van der Waals surface area (Å²) in [7, 11) is 1.32. The first-order valence-electron chi connectivity index (χ1n) is 24.9. The van der Waals surface area contributed by atoms with Gasteiger partial charge in [-0.15, -0.1) is 0 Å². The van der Waals surface area contributed by atoms with Crippen LogP contribution in [0.4, 0.5) is 0 Å². The summed E-state index contributed by atoms with van der Waals surface area (Å²) in [5, 5.41) is 18.5. The van der Waals surface area contributed by atoms with E-state index in [1.165, 1.54) is 57.6 Å². The number of nitrogens with one attached hydrogen (secondary N) is 4. The summed E-state index contributed by atoms with van der Waals surface area (Å²) in [6.07, 6.45) is 20.4. The van der Waals surface area contributed by atoms with Gasteiger partial charge in [0, 0.05) is 86.7 Å². The molecule has 4 aliphatic rings. The fourth-order valence-electron chi connectivity index (χ4n) is 11.1. The largest absolute Gasteiger partial charge is 0.468 e. The molecule has 0 aromatic carbocycles. The topological polar surface area (TPSA) is 146 Å². The predicted molar refractivity (Wildman–Crippen MR) is 263 cm³/mol. The van der Waals surface area contributed by atoms with E-state index in [1.54, 1.807) is 6.92 Å². The van der Waals surface area contributed by atoms with Gasteiger partial charge in [0.15, 0.2) is 5.78 Å². The zero-order valence-electron chi connectivity index (χ0n) is 41.7. The molecule has 5 N–H and O–H groups in total. The van der Waals surface area contributed by atoms with Crippen molar-refractivity contribution >= 4 is 41.5 Å². The van der Waals surface area contributed by atoms with Gasteiger partial charge in [0.25, 0.3) is 0 Å². The highest BCUT2D eigenvalue weighted by Gasteiger charge is 2.49. The molecule has 0 saturated carbocycles. The molecule has 0 spiro atoms. The van der Waals surface area contributed by atoms with E-state index in [-0.39, 0.29) is 48.5 Å². The number of hydrogen-bond donors (Lipinski definition) is 5. The van der Waals surface area contributed by atoms with Crippen LogP contribution in [0.15, 0.2) is 34.4 Å². The lowest BCUT2D eigenvalue weighted by Crippen LogP contribution is -2.25. The van der Waals surface area contributed by atoms with Crippen LogP contribution >= 0.6 is 0 Å². The second-order valence-electron chi connectivity index (χ2n) is 20.6. The van der Waals surface area contributed by atoms with Crippen molar-refractivity contribution in [2.45, 2.75) is 159 Å². The molecule has 2 aromatic rings. The van der Waals surface area contributed by atoms with E-state index in [2.05, 4.69) is 94.2 Å². The van der Waals surface area contributed by atoms with Gasteiger partial charge in [-0.25, -0.2) is 0 Å². The van der Waals surface area contributed by atoms with Gasteiger partial charge in [0.1, 0.15) is 12.5 Å². The number of allylic oxidation sites excluding steroid dienone is 5. The molecule has 5 heterocycles. The maximum absolute atomic E-state index is 14.4. The fraction of sp³-hybridized carbons (Fsp3) is 0.618. The van der Waals surface area contributed by atoms with Crippen LogP contribution in [0.5, 0.6) is 0 Å². The number of rotatable bonds is 20. The van der Waals surface area contributed by atoms with Gasteiger partial charge < -0.3 is 35.2 Å². The lowest BCUT2D eigenvalue weighted by Gasteiger charge is -2.19. The zero-order valence-corrected chi connectivity index (χ0v) is 41.7. The number of aromatic nitrogens is 2. The van der Waals surface area contributed by atoms with E-state index >= 15 is 0 Å². The fourth-order valence-corrected chi connectivity index (χ4v) is 11.1. The third kappa shape index (κ3) is 11.2. The van der Waals surface area contributed by atoms with Crippen LogP contribution in [0.2, 0.25) is 0 Å². The van der Waals surface area contributed by atoms with E-state index in [9.17, 15) is 19.5 Å². The van der Waals surface area contributed by atoms with Gasteiger partial charge in [0.2, 0.25) is 0 Å². The number of aliphatic hydroxyl groups excluding tert-OH is 1. The summed E-state index contributed by atoms with van der Waals surface area (Å²) in [4.78, 5) is 48.8. The number of ether oxygens (including phenoxy) is 2. The molecule has 0 radical (unpaired) electrons. The van der Waals surface area contributed by atoms with Crippen molar-refractivity contribution in [1.82, 2.24) is 20.6 Å². The summed E-state index contributed by atoms with van der Waals surface area (Å²) in [5.74, 6) is -0.0117.